The van der Waals surface area contributed by atoms with Gasteiger partial charge in [0.05, 0.1) is 17.6 Å². The van der Waals surface area contributed by atoms with E-state index in [-0.39, 0.29) is 0 Å². The van der Waals surface area contributed by atoms with Crippen molar-refractivity contribution < 1.29 is 8.42 Å². The third-order valence-electron chi connectivity index (χ3n) is 3.91. The first-order chi connectivity index (χ1) is 10.5. The van der Waals surface area contributed by atoms with Gasteiger partial charge in [0, 0.05) is 12.7 Å². The van der Waals surface area contributed by atoms with E-state index in [1.54, 1.807) is 12.5 Å². The number of fused-ring (bicyclic) bond motifs is 2. The number of hydrogen-bond acceptors (Lipinski definition) is 4. The molecule has 3 heterocycles. The van der Waals surface area contributed by atoms with E-state index < -0.39 is 10.0 Å². The Kier molecular flexibility index (Phi) is 2.74. The molecule has 1 aliphatic rings. The summed E-state index contributed by atoms with van der Waals surface area (Å²) in [6, 6.07) is 9.58. The third kappa shape index (κ3) is 1.97. The first-order valence-electron chi connectivity index (χ1n) is 6.93. The predicted octanol–water partition coefficient (Wildman–Crippen LogP) is 1.74. The van der Waals surface area contributed by atoms with Gasteiger partial charge >= 0.3 is 0 Å². The fourth-order valence-electron chi connectivity index (χ4n) is 2.87. The van der Waals surface area contributed by atoms with Gasteiger partial charge in [0.25, 0.3) is 0 Å². The first kappa shape index (κ1) is 13.3. The van der Waals surface area contributed by atoms with Crippen molar-refractivity contribution in [3.8, 4) is 5.69 Å². The van der Waals surface area contributed by atoms with Crippen LogP contribution >= 0.6 is 0 Å². The van der Waals surface area contributed by atoms with Crippen molar-refractivity contribution in [3.05, 3.63) is 48.4 Å². The second kappa shape index (κ2) is 4.54. The van der Waals surface area contributed by atoms with Crippen LogP contribution in [0, 0.1) is 0 Å². The summed E-state index contributed by atoms with van der Waals surface area (Å²) in [5, 5.41) is 0. The summed E-state index contributed by atoms with van der Waals surface area (Å²) < 4.78 is 27.1. The molecule has 112 valence electrons. The number of benzene rings is 1. The van der Waals surface area contributed by atoms with Crippen LogP contribution in [-0.4, -0.2) is 35.8 Å². The van der Waals surface area contributed by atoms with Gasteiger partial charge in [0.1, 0.15) is 11.8 Å². The number of hydrogen-bond donors (Lipinski definition) is 0. The summed E-state index contributed by atoms with van der Waals surface area (Å²) in [6.45, 7) is 0.501. The summed E-state index contributed by atoms with van der Waals surface area (Å²) in [5.74, 6) is 0. The molecule has 0 amide bonds. The summed E-state index contributed by atoms with van der Waals surface area (Å²) in [5.41, 5.74) is 4.22. The van der Waals surface area contributed by atoms with E-state index in [2.05, 4.69) is 9.97 Å². The summed E-state index contributed by atoms with van der Waals surface area (Å²) >= 11 is 0. The van der Waals surface area contributed by atoms with Crippen molar-refractivity contribution in [3.63, 3.8) is 0 Å². The molecule has 0 N–H and O–H groups in total. The highest BCUT2D eigenvalue weighted by Gasteiger charge is 2.26. The number of rotatable bonds is 2. The minimum Gasteiger partial charge on any atom is -0.283 e. The molecule has 1 aliphatic heterocycles. The molecule has 0 aliphatic carbocycles. The molecule has 0 unspecified atom stereocenters. The smallest absolute Gasteiger partial charge is 0.232 e. The predicted molar refractivity (Wildman–Crippen MR) is 84.8 cm³/mol. The first-order valence-corrected chi connectivity index (χ1v) is 8.78. The lowest BCUT2D eigenvalue weighted by molar-refractivity contribution is 0.598. The Labute approximate surface area is 128 Å². The highest BCUT2D eigenvalue weighted by molar-refractivity contribution is 7.92. The molecule has 1 aromatic carbocycles. The van der Waals surface area contributed by atoms with Crippen LogP contribution in [0.5, 0.6) is 0 Å². The van der Waals surface area contributed by atoms with Crippen molar-refractivity contribution in [2.75, 3.05) is 17.1 Å². The Bertz CT molecular complexity index is 978. The minimum atomic E-state index is -3.25. The Morgan fingerprint density at radius 2 is 2.05 bits per heavy atom. The number of aromatic nitrogens is 3. The SMILES string of the molecule is CS(=O)(=O)N1CCc2ccc(-n3cnc4cccnc43)cc21. The number of nitrogens with zero attached hydrogens (tertiary/aromatic N) is 4. The molecule has 4 rings (SSSR count). The van der Waals surface area contributed by atoms with Gasteiger partial charge in [0.15, 0.2) is 5.65 Å². The molecule has 0 saturated heterocycles. The second-order valence-corrected chi connectivity index (χ2v) is 7.27. The average Bonchev–Trinajstić information content (AvgIpc) is 3.10. The lowest BCUT2D eigenvalue weighted by Crippen LogP contribution is -2.27. The maximum absolute atomic E-state index is 11.9. The molecule has 7 heteroatoms. The van der Waals surface area contributed by atoms with E-state index in [1.807, 2.05) is 34.9 Å². The summed E-state index contributed by atoms with van der Waals surface area (Å²) in [6.07, 6.45) is 5.41. The average molecular weight is 314 g/mol. The van der Waals surface area contributed by atoms with Crippen molar-refractivity contribution in [1.82, 2.24) is 14.5 Å². The molecule has 6 nitrogen and oxygen atoms in total. The number of pyridine rings is 1. The van der Waals surface area contributed by atoms with E-state index in [0.717, 1.165) is 34.5 Å². The van der Waals surface area contributed by atoms with Crippen molar-refractivity contribution in [2.45, 2.75) is 6.42 Å². The van der Waals surface area contributed by atoms with Crippen LogP contribution in [0.3, 0.4) is 0 Å². The van der Waals surface area contributed by atoms with Gasteiger partial charge in [-0.1, -0.05) is 6.07 Å². The van der Waals surface area contributed by atoms with Crippen molar-refractivity contribution in [2.24, 2.45) is 0 Å². The Morgan fingerprint density at radius 3 is 2.86 bits per heavy atom. The maximum atomic E-state index is 11.9. The normalized spacial score (nSPS) is 14.5. The van der Waals surface area contributed by atoms with E-state index in [0.29, 0.717) is 6.54 Å². The van der Waals surface area contributed by atoms with Crippen molar-refractivity contribution >= 4 is 26.9 Å². The fraction of sp³-hybridized carbons (Fsp3) is 0.200. The maximum Gasteiger partial charge on any atom is 0.232 e. The number of imidazole rings is 1. The van der Waals surface area contributed by atoms with E-state index in [4.69, 9.17) is 0 Å². The van der Waals surface area contributed by atoms with Crippen LogP contribution in [0.25, 0.3) is 16.9 Å². The highest BCUT2D eigenvalue weighted by atomic mass is 32.2. The molecular formula is C15H14N4O2S. The Balaban J connectivity index is 1.89. The van der Waals surface area contributed by atoms with Gasteiger partial charge in [-0.2, -0.15) is 0 Å². The molecule has 0 atom stereocenters. The largest absolute Gasteiger partial charge is 0.283 e. The fourth-order valence-corrected chi connectivity index (χ4v) is 3.82. The topological polar surface area (TPSA) is 68.1 Å². The third-order valence-corrected chi connectivity index (χ3v) is 5.09. The quantitative estimate of drug-likeness (QED) is 0.722. The second-order valence-electron chi connectivity index (χ2n) is 5.36. The molecule has 0 radical (unpaired) electrons. The summed E-state index contributed by atoms with van der Waals surface area (Å²) in [7, 11) is -3.25. The van der Waals surface area contributed by atoms with E-state index in [9.17, 15) is 8.42 Å². The van der Waals surface area contributed by atoms with Crippen LogP contribution in [0.2, 0.25) is 0 Å². The van der Waals surface area contributed by atoms with Gasteiger partial charge < -0.3 is 0 Å². The van der Waals surface area contributed by atoms with E-state index >= 15 is 0 Å². The minimum absolute atomic E-state index is 0.501. The molecule has 2 aromatic heterocycles. The lowest BCUT2D eigenvalue weighted by Gasteiger charge is -2.17. The molecule has 0 saturated carbocycles. The molecule has 0 bridgehead atoms. The molecular weight excluding hydrogens is 300 g/mol. The lowest BCUT2D eigenvalue weighted by atomic mass is 10.1. The molecule has 3 aromatic rings. The highest BCUT2D eigenvalue weighted by Crippen LogP contribution is 2.32. The number of sulfonamides is 1. The zero-order valence-corrected chi connectivity index (χ0v) is 12.8. The van der Waals surface area contributed by atoms with Gasteiger partial charge in [-0.15, -0.1) is 0 Å². The zero-order valence-electron chi connectivity index (χ0n) is 12.0. The Hall–Kier alpha value is -2.41. The van der Waals surface area contributed by atoms with Crippen LogP contribution < -0.4 is 4.31 Å². The Morgan fingerprint density at radius 1 is 1.18 bits per heavy atom. The molecule has 22 heavy (non-hydrogen) atoms. The van der Waals surface area contributed by atoms with Crippen molar-refractivity contribution in [1.29, 1.82) is 0 Å². The molecule has 0 spiro atoms. The van der Waals surface area contributed by atoms with Crippen LogP contribution in [-0.2, 0) is 16.4 Å². The van der Waals surface area contributed by atoms with Gasteiger partial charge in [-0.05, 0) is 36.2 Å². The van der Waals surface area contributed by atoms with Crippen LogP contribution in [0.15, 0.2) is 42.9 Å². The number of anilines is 1. The van der Waals surface area contributed by atoms with Gasteiger partial charge in [-0.25, -0.2) is 18.4 Å². The van der Waals surface area contributed by atoms with Gasteiger partial charge in [0.2, 0.25) is 10.0 Å². The van der Waals surface area contributed by atoms with Crippen LogP contribution in [0.4, 0.5) is 5.69 Å². The standard InChI is InChI=1S/C15H14N4O2S/c1-22(20,21)19-8-6-11-4-5-12(9-14(11)19)18-10-17-13-3-2-7-16-15(13)18/h2-5,7,9-10H,6,8H2,1H3. The van der Waals surface area contributed by atoms with Crippen LogP contribution in [0.1, 0.15) is 5.56 Å². The zero-order chi connectivity index (χ0) is 15.3. The summed E-state index contributed by atoms with van der Waals surface area (Å²) in [4.78, 5) is 8.67. The monoisotopic (exact) mass is 314 g/mol. The molecule has 0 fully saturated rings. The van der Waals surface area contributed by atoms with Gasteiger partial charge in [-0.3, -0.25) is 8.87 Å². The van der Waals surface area contributed by atoms with E-state index in [1.165, 1.54) is 10.6 Å².